The molecule has 0 amide bonds. The molecule has 1 aromatic heterocycles. The van der Waals surface area contributed by atoms with Crippen LogP contribution in [-0.2, 0) is 13.0 Å². The van der Waals surface area contributed by atoms with Gasteiger partial charge >= 0.3 is 0 Å². The molecule has 0 aromatic carbocycles. The molecule has 0 spiro atoms. The van der Waals surface area contributed by atoms with E-state index in [0.29, 0.717) is 15.9 Å². The minimum absolute atomic E-state index is 0.131. The lowest BCUT2D eigenvalue weighted by atomic mass is 10.1. The van der Waals surface area contributed by atoms with Crippen molar-refractivity contribution >= 4 is 23.2 Å². The van der Waals surface area contributed by atoms with E-state index < -0.39 is 0 Å². The summed E-state index contributed by atoms with van der Waals surface area (Å²) in [6.45, 7) is 1.98. The van der Waals surface area contributed by atoms with E-state index in [4.69, 9.17) is 28.3 Å². The summed E-state index contributed by atoms with van der Waals surface area (Å²) in [5, 5.41) is 9.89. The Hall–Kier alpha value is -0.310. The number of aromatic nitrogens is 1. The molecule has 0 saturated heterocycles. The summed E-state index contributed by atoms with van der Waals surface area (Å²) < 4.78 is 0. The molecule has 0 atom stereocenters. The first-order valence-electron chi connectivity index (χ1n) is 4.63. The maximum absolute atomic E-state index is 8.87. The van der Waals surface area contributed by atoms with Crippen molar-refractivity contribution in [1.29, 1.82) is 0 Å². The SMILES string of the molecule is CCCCc1c(Cl)cc(CO)nc1Cl. The molecule has 0 unspecified atom stereocenters. The monoisotopic (exact) mass is 233 g/mol. The van der Waals surface area contributed by atoms with Crippen molar-refractivity contribution in [2.75, 3.05) is 0 Å². The average Bonchev–Trinajstić information content (AvgIpc) is 2.16. The number of hydrogen-bond donors (Lipinski definition) is 1. The lowest BCUT2D eigenvalue weighted by Crippen LogP contribution is -1.96. The summed E-state index contributed by atoms with van der Waals surface area (Å²) in [7, 11) is 0. The number of nitrogens with zero attached hydrogens (tertiary/aromatic N) is 1. The van der Waals surface area contributed by atoms with Crippen LogP contribution in [0.2, 0.25) is 10.2 Å². The number of aliphatic hydroxyl groups is 1. The molecule has 1 N–H and O–H groups in total. The quantitative estimate of drug-likeness (QED) is 0.811. The summed E-state index contributed by atoms with van der Waals surface area (Å²) >= 11 is 12.0. The third-order valence-corrected chi connectivity index (χ3v) is 2.66. The molecule has 0 radical (unpaired) electrons. The molecule has 0 aliphatic carbocycles. The normalized spacial score (nSPS) is 10.6. The van der Waals surface area contributed by atoms with Crippen LogP contribution in [0.4, 0.5) is 0 Å². The molecule has 0 fully saturated rings. The summed E-state index contributed by atoms with van der Waals surface area (Å²) in [6, 6.07) is 1.67. The second kappa shape index (κ2) is 5.54. The van der Waals surface area contributed by atoms with Gasteiger partial charge in [0.05, 0.1) is 12.3 Å². The van der Waals surface area contributed by atoms with Gasteiger partial charge in [-0.25, -0.2) is 4.98 Å². The topological polar surface area (TPSA) is 33.1 Å². The summed E-state index contributed by atoms with van der Waals surface area (Å²) in [6.07, 6.45) is 2.97. The van der Waals surface area contributed by atoms with Crippen LogP contribution in [0.1, 0.15) is 31.0 Å². The van der Waals surface area contributed by atoms with Crippen molar-refractivity contribution in [3.05, 3.63) is 27.5 Å². The maximum atomic E-state index is 8.87. The van der Waals surface area contributed by atoms with Crippen molar-refractivity contribution in [2.45, 2.75) is 32.8 Å². The number of unbranched alkanes of at least 4 members (excludes halogenated alkanes) is 1. The van der Waals surface area contributed by atoms with Gasteiger partial charge in [-0.3, -0.25) is 0 Å². The molecule has 1 heterocycles. The lowest BCUT2D eigenvalue weighted by Gasteiger charge is -2.07. The molecule has 0 aliphatic rings. The molecule has 4 heteroatoms. The summed E-state index contributed by atoms with van der Waals surface area (Å²) in [5.41, 5.74) is 1.40. The smallest absolute Gasteiger partial charge is 0.134 e. The zero-order valence-electron chi connectivity index (χ0n) is 8.06. The zero-order chi connectivity index (χ0) is 10.6. The summed E-state index contributed by atoms with van der Waals surface area (Å²) in [5.74, 6) is 0. The Morgan fingerprint density at radius 2 is 2.14 bits per heavy atom. The van der Waals surface area contributed by atoms with Crippen molar-refractivity contribution in [3.63, 3.8) is 0 Å². The van der Waals surface area contributed by atoms with Gasteiger partial charge in [0.25, 0.3) is 0 Å². The van der Waals surface area contributed by atoms with Gasteiger partial charge in [-0.1, -0.05) is 36.5 Å². The summed E-state index contributed by atoms with van der Waals surface area (Å²) in [4.78, 5) is 4.04. The van der Waals surface area contributed by atoms with Crippen LogP contribution in [0.5, 0.6) is 0 Å². The number of hydrogen-bond acceptors (Lipinski definition) is 2. The Kier molecular flexibility index (Phi) is 4.66. The molecule has 1 aromatic rings. The standard InChI is InChI=1S/C10H13Cl2NO/c1-2-3-4-8-9(11)5-7(6-14)13-10(8)12/h5,14H,2-4,6H2,1H3. The number of pyridine rings is 1. The van der Waals surface area contributed by atoms with E-state index in [1.807, 2.05) is 0 Å². The van der Waals surface area contributed by atoms with E-state index in [1.54, 1.807) is 6.07 Å². The Morgan fingerprint density at radius 1 is 1.43 bits per heavy atom. The first-order valence-corrected chi connectivity index (χ1v) is 5.39. The van der Waals surface area contributed by atoms with E-state index >= 15 is 0 Å². The molecule has 1 rings (SSSR count). The molecular formula is C10H13Cl2NO. The Balaban J connectivity index is 2.93. The Labute approximate surface area is 93.9 Å². The van der Waals surface area contributed by atoms with Crippen molar-refractivity contribution in [1.82, 2.24) is 4.98 Å². The minimum Gasteiger partial charge on any atom is -0.390 e. The van der Waals surface area contributed by atoms with Gasteiger partial charge < -0.3 is 5.11 Å². The highest BCUT2D eigenvalue weighted by molar-refractivity contribution is 6.35. The molecular weight excluding hydrogens is 221 g/mol. The van der Waals surface area contributed by atoms with Crippen LogP contribution in [0.25, 0.3) is 0 Å². The van der Waals surface area contributed by atoms with Gasteiger partial charge in [0.2, 0.25) is 0 Å². The maximum Gasteiger partial charge on any atom is 0.134 e. The first-order chi connectivity index (χ1) is 6.69. The van der Waals surface area contributed by atoms with Crippen LogP contribution in [-0.4, -0.2) is 10.1 Å². The minimum atomic E-state index is -0.131. The van der Waals surface area contributed by atoms with E-state index in [-0.39, 0.29) is 6.61 Å². The van der Waals surface area contributed by atoms with Crippen LogP contribution in [0, 0.1) is 0 Å². The fourth-order valence-corrected chi connectivity index (χ4v) is 1.88. The molecule has 0 saturated carbocycles. The van der Waals surface area contributed by atoms with E-state index in [1.165, 1.54) is 0 Å². The highest BCUT2D eigenvalue weighted by Gasteiger charge is 2.08. The van der Waals surface area contributed by atoms with Gasteiger partial charge in [0.1, 0.15) is 5.15 Å². The average molecular weight is 234 g/mol. The highest BCUT2D eigenvalue weighted by Crippen LogP contribution is 2.25. The second-order valence-corrected chi connectivity index (χ2v) is 3.89. The Morgan fingerprint density at radius 3 is 2.64 bits per heavy atom. The Bertz CT molecular complexity index is 292. The first kappa shape index (κ1) is 11.8. The van der Waals surface area contributed by atoms with Crippen molar-refractivity contribution in [3.8, 4) is 0 Å². The number of rotatable bonds is 4. The largest absolute Gasteiger partial charge is 0.390 e. The van der Waals surface area contributed by atoms with Gasteiger partial charge in [0, 0.05) is 10.6 Å². The molecule has 2 nitrogen and oxygen atoms in total. The fourth-order valence-electron chi connectivity index (χ4n) is 1.21. The van der Waals surface area contributed by atoms with E-state index in [2.05, 4.69) is 11.9 Å². The molecule has 78 valence electrons. The van der Waals surface area contributed by atoms with Crippen LogP contribution in [0.15, 0.2) is 6.07 Å². The molecule has 0 bridgehead atoms. The third-order valence-electron chi connectivity index (χ3n) is 2.01. The predicted molar refractivity (Wildman–Crippen MR) is 58.8 cm³/mol. The molecule has 14 heavy (non-hydrogen) atoms. The molecule has 0 aliphatic heterocycles. The van der Waals surface area contributed by atoms with Crippen LogP contribution >= 0.6 is 23.2 Å². The van der Waals surface area contributed by atoms with Gasteiger partial charge in [-0.15, -0.1) is 0 Å². The van der Waals surface area contributed by atoms with Gasteiger partial charge in [-0.2, -0.15) is 0 Å². The lowest BCUT2D eigenvalue weighted by molar-refractivity contribution is 0.277. The predicted octanol–water partition coefficient (Wildman–Crippen LogP) is 3.22. The second-order valence-electron chi connectivity index (χ2n) is 3.13. The van der Waals surface area contributed by atoms with Crippen LogP contribution in [0.3, 0.4) is 0 Å². The highest BCUT2D eigenvalue weighted by atomic mass is 35.5. The van der Waals surface area contributed by atoms with E-state index in [9.17, 15) is 0 Å². The number of aliphatic hydroxyl groups excluding tert-OH is 1. The van der Waals surface area contributed by atoms with Crippen molar-refractivity contribution < 1.29 is 5.11 Å². The van der Waals surface area contributed by atoms with Crippen LogP contribution < -0.4 is 0 Å². The third kappa shape index (κ3) is 2.84. The van der Waals surface area contributed by atoms with Gasteiger partial charge in [0.15, 0.2) is 0 Å². The van der Waals surface area contributed by atoms with E-state index in [0.717, 1.165) is 24.8 Å². The zero-order valence-corrected chi connectivity index (χ0v) is 9.57. The fraction of sp³-hybridized carbons (Fsp3) is 0.500. The number of halogens is 2. The van der Waals surface area contributed by atoms with Crippen molar-refractivity contribution in [2.24, 2.45) is 0 Å². The van der Waals surface area contributed by atoms with Gasteiger partial charge in [-0.05, 0) is 18.9 Å².